The Morgan fingerprint density at radius 2 is 1.69 bits per heavy atom. The van der Waals surface area contributed by atoms with Crippen LogP contribution in [0.1, 0.15) is 11.1 Å². The summed E-state index contributed by atoms with van der Waals surface area (Å²) < 4.78 is 1.90. The van der Waals surface area contributed by atoms with Crippen LogP contribution in [0, 0.1) is 6.92 Å². The lowest BCUT2D eigenvalue weighted by Gasteiger charge is -2.24. The van der Waals surface area contributed by atoms with Crippen molar-refractivity contribution in [3.05, 3.63) is 81.1 Å². The van der Waals surface area contributed by atoms with E-state index in [0.717, 1.165) is 34.4 Å². The molecule has 0 fully saturated rings. The molecule has 2 aromatic carbocycles. The van der Waals surface area contributed by atoms with E-state index in [-0.39, 0.29) is 5.56 Å². The number of fused-ring (bicyclic) bond motifs is 3. The van der Waals surface area contributed by atoms with Gasteiger partial charge in [0.1, 0.15) is 0 Å². The molecule has 2 nitrogen and oxygen atoms in total. The maximum absolute atomic E-state index is 13.0. The lowest BCUT2D eigenvalue weighted by atomic mass is 9.93. The summed E-state index contributed by atoms with van der Waals surface area (Å²) in [6.07, 6.45) is 4.94. The molecule has 3 aromatic rings. The second kappa shape index (κ2) is 8.15. The van der Waals surface area contributed by atoms with Crippen molar-refractivity contribution in [2.45, 2.75) is 19.9 Å². The molecule has 4 rings (SSSR count). The smallest absolute Gasteiger partial charge is 0.258 e. The highest BCUT2D eigenvalue weighted by atomic mass is 35.5. The van der Waals surface area contributed by atoms with Gasteiger partial charge in [0.05, 0.1) is 5.69 Å². The quantitative estimate of drug-likeness (QED) is 0.539. The highest BCUT2D eigenvalue weighted by Gasteiger charge is 2.21. The summed E-state index contributed by atoms with van der Waals surface area (Å²) in [4.78, 5) is 13.0. The first kappa shape index (κ1) is 18.8. The van der Waals surface area contributed by atoms with Crippen LogP contribution in [0.25, 0.3) is 22.4 Å². The monoisotopic (exact) mass is 383 g/mol. The van der Waals surface area contributed by atoms with Crippen molar-refractivity contribution < 1.29 is 0 Å². The van der Waals surface area contributed by atoms with Crippen molar-refractivity contribution in [3.63, 3.8) is 0 Å². The van der Waals surface area contributed by atoms with E-state index < -0.39 is 0 Å². The topological polar surface area (TPSA) is 22.0 Å². The average molecular weight is 384 g/mol. The fourth-order valence-corrected chi connectivity index (χ4v) is 3.59. The summed E-state index contributed by atoms with van der Waals surface area (Å²) in [6.45, 7) is 2.78. The molecule has 26 heavy (non-hydrogen) atoms. The maximum Gasteiger partial charge on any atom is 0.258 e. The summed E-state index contributed by atoms with van der Waals surface area (Å²) in [5, 5.41) is 0.705. The standard InChI is InChI=1S/C20H16ClNO.C2H6S/c1-13-11-18(14-5-3-2-4-6-14)20(23)22-10-9-15-7-8-16(21)12-17(15)19(13)22;1-3-2/h2-8,11-12H,9-10H2,1H3;1-2H3. The van der Waals surface area contributed by atoms with Crippen LogP contribution in [0.4, 0.5) is 0 Å². The molecule has 1 aliphatic heterocycles. The van der Waals surface area contributed by atoms with E-state index in [1.807, 2.05) is 65.6 Å². The van der Waals surface area contributed by atoms with Gasteiger partial charge in [0.25, 0.3) is 5.56 Å². The number of pyridine rings is 1. The first-order chi connectivity index (χ1) is 12.6. The van der Waals surface area contributed by atoms with Crippen LogP contribution in [0.15, 0.2) is 59.4 Å². The Morgan fingerprint density at radius 3 is 2.38 bits per heavy atom. The summed E-state index contributed by atoms with van der Waals surface area (Å²) in [7, 11) is 0. The van der Waals surface area contributed by atoms with Crippen LogP contribution >= 0.6 is 23.4 Å². The molecule has 0 aliphatic carbocycles. The Labute approximate surface area is 163 Å². The number of benzene rings is 2. The predicted molar refractivity (Wildman–Crippen MR) is 114 cm³/mol. The molecule has 0 bridgehead atoms. The van der Waals surface area contributed by atoms with Crippen molar-refractivity contribution in [3.8, 4) is 22.4 Å². The summed E-state index contributed by atoms with van der Waals surface area (Å²) >= 11 is 7.93. The molecule has 1 aliphatic rings. The number of thioether (sulfide) groups is 1. The normalized spacial score (nSPS) is 11.8. The van der Waals surface area contributed by atoms with Gasteiger partial charge >= 0.3 is 0 Å². The number of aryl methyl sites for hydroxylation is 2. The van der Waals surface area contributed by atoms with Crippen molar-refractivity contribution in [2.24, 2.45) is 0 Å². The third kappa shape index (κ3) is 3.60. The number of halogens is 1. The molecular formula is C22H22ClNOS. The molecule has 0 amide bonds. The number of hydrogen-bond donors (Lipinski definition) is 0. The predicted octanol–water partition coefficient (Wildman–Crippen LogP) is 5.68. The van der Waals surface area contributed by atoms with Crippen molar-refractivity contribution in [1.82, 2.24) is 4.57 Å². The highest BCUT2D eigenvalue weighted by Crippen LogP contribution is 2.34. The summed E-state index contributed by atoms with van der Waals surface area (Å²) in [5.74, 6) is 0. The number of nitrogens with zero attached hydrogens (tertiary/aromatic N) is 1. The lowest BCUT2D eigenvalue weighted by molar-refractivity contribution is 0.658. The molecule has 0 spiro atoms. The van der Waals surface area contributed by atoms with Crippen LogP contribution in [0.5, 0.6) is 0 Å². The summed E-state index contributed by atoms with van der Waals surface area (Å²) in [6, 6.07) is 17.8. The minimum Gasteiger partial charge on any atom is -0.307 e. The Balaban J connectivity index is 0.000000613. The Kier molecular flexibility index (Phi) is 5.90. The molecule has 1 aromatic heterocycles. The number of hydrogen-bond acceptors (Lipinski definition) is 2. The first-order valence-electron chi connectivity index (χ1n) is 8.55. The van der Waals surface area contributed by atoms with E-state index in [1.165, 1.54) is 5.56 Å². The number of rotatable bonds is 1. The SMILES string of the molecule is CSC.Cc1cc(-c2ccccc2)c(=O)n2c1-c1cc(Cl)ccc1CC2. The second-order valence-corrected chi connectivity index (χ2v) is 7.63. The van der Waals surface area contributed by atoms with E-state index in [1.54, 1.807) is 11.8 Å². The van der Waals surface area contributed by atoms with Gasteiger partial charge in [0, 0.05) is 22.7 Å². The van der Waals surface area contributed by atoms with Crippen LogP contribution in [0.2, 0.25) is 5.02 Å². The zero-order valence-corrected chi connectivity index (χ0v) is 16.8. The van der Waals surface area contributed by atoms with Gasteiger partial charge in [0.15, 0.2) is 0 Å². The molecule has 0 saturated carbocycles. The van der Waals surface area contributed by atoms with Crippen molar-refractivity contribution in [2.75, 3.05) is 12.5 Å². The van der Waals surface area contributed by atoms with Gasteiger partial charge in [-0.1, -0.05) is 48.0 Å². The van der Waals surface area contributed by atoms with Gasteiger partial charge in [0.2, 0.25) is 0 Å². The highest BCUT2D eigenvalue weighted by molar-refractivity contribution is 7.97. The maximum atomic E-state index is 13.0. The van der Waals surface area contributed by atoms with Gasteiger partial charge in [-0.05, 0) is 60.7 Å². The van der Waals surface area contributed by atoms with Crippen molar-refractivity contribution in [1.29, 1.82) is 0 Å². The van der Waals surface area contributed by atoms with Gasteiger partial charge in [-0.3, -0.25) is 4.79 Å². The van der Waals surface area contributed by atoms with Crippen LogP contribution in [0.3, 0.4) is 0 Å². The molecule has 0 N–H and O–H groups in total. The molecule has 4 heteroatoms. The first-order valence-corrected chi connectivity index (χ1v) is 10.6. The molecule has 0 atom stereocenters. The van der Waals surface area contributed by atoms with E-state index in [4.69, 9.17) is 11.6 Å². The van der Waals surface area contributed by atoms with Gasteiger partial charge in [-0.25, -0.2) is 0 Å². The third-order valence-electron chi connectivity index (χ3n) is 4.50. The largest absolute Gasteiger partial charge is 0.307 e. The van der Waals surface area contributed by atoms with Crippen LogP contribution in [-0.4, -0.2) is 17.1 Å². The van der Waals surface area contributed by atoms with E-state index in [9.17, 15) is 4.79 Å². The minimum atomic E-state index is 0.0717. The van der Waals surface area contributed by atoms with Crippen molar-refractivity contribution >= 4 is 23.4 Å². The fraction of sp³-hybridized carbons (Fsp3) is 0.227. The average Bonchev–Trinajstić information content (AvgIpc) is 2.65. The molecular weight excluding hydrogens is 362 g/mol. The molecule has 0 saturated heterocycles. The molecule has 2 heterocycles. The third-order valence-corrected chi connectivity index (χ3v) is 4.73. The molecule has 0 unspecified atom stereocenters. The molecule has 0 radical (unpaired) electrons. The van der Waals surface area contributed by atoms with Gasteiger partial charge in [-0.2, -0.15) is 11.8 Å². The minimum absolute atomic E-state index is 0.0717. The van der Waals surface area contributed by atoms with Crippen LogP contribution in [-0.2, 0) is 13.0 Å². The van der Waals surface area contributed by atoms with Gasteiger partial charge < -0.3 is 4.57 Å². The Bertz CT molecular complexity index is 979. The zero-order valence-electron chi connectivity index (χ0n) is 15.3. The van der Waals surface area contributed by atoms with E-state index >= 15 is 0 Å². The Hall–Kier alpha value is -1.97. The fourth-order valence-electron chi connectivity index (χ4n) is 3.42. The van der Waals surface area contributed by atoms with E-state index in [0.29, 0.717) is 11.6 Å². The van der Waals surface area contributed by atoms with Gasteiger partial charge in [-0.15, -0.1) is 0 Å². The lowest BCUT2D eigenvalue weighted by Crippen LogP contribution is -2.28. The second-order valence-electron chi connectivity index (χ2n) is 6.37. The molecule has 134 valence electrons. The Morgan fingerprint density at radius 1 is 1.00 bits per heavy atom. The number of aromatic nitrogens is 1. The van der Waals surface area contributed by atoms with E-state index in [2.05, 4.69) is 13.0 Å². The summed E-state index contributed by atoms with van der Waals surface area (Å²) in [5.41, 5.74) is 6.24. The zero-order chi connectivity index (χ0) is 18.7. The van der Waals surface area contributed by atoms with Crippen LogP contribution < -0.4 is 5.56 Å².